The average molecular weight is 374 g/mol. The maximum Gasteiger partial charge on any atom is 0.249 e. The number of nitrogens with zero attached hydrogens (tertiary/aromatic N) is 3. The number of anilines is 4. The third-order valence-electron chi connectivity index (χ3n) is 3.55. The Bertz CT molecular complexity index is 956. The molecule has 2 N–H and O–H groups in total. The Morgan fingerprint density at radius 1 is 0.962 bits per heavy atom. The van der Waals surface area contributed by atoms with Crippen LogP contribution in [0.4, 0.5) is 27.5 Å². The molecule has 0 bridgehead atoms. The summed E-state index contributed by atoms with van der Waals surface area (Å²) in [5.74, 6) is 1.59. The van der Waals surface area contributed by atoms with Crippen LogP contribution in [-0.2, 0) is 0 Å². The molecule has 0 fully saturated rings. The van der Waals surface area contributed by atoms with E-state index in [0.717, 1.165) is 5.69 Å². The maximum absolute atomic E-state index is 13.2. The van der Waals surface area contributed by atoms with Gasteiger partial charge in [0, 0.05) is 17.4 Å². The van der Waals surface area contributed by atoms with Crippen LogP contribution < -0.4 is 20.1 Å². The molecule has 0 atom stereocenters. The first-order valence-electron chi connectivity index (χ1n) is 7.76. The summed E-state index contributed by atoms with van der Waals surface area (Å²) < 4.78 is 24.3. The summed E-state index contributed by atoms with van der Waals surface area (Å²) in [5, 5.41) is 13.9. The highest BCUT2D eigenvalue weighted by molar-refractivity contribution is 6.31. The molecule has 7 nitrogen and oxygen atoms in total. The van der Waals surface area contributed by atoms with Gasteiger partial charge in [0.1, 0.15) is 19.0 Å². The van der Waals surface area contributed by atoms with E-state index in [4.69, 9.17) is 21.1 Å². The molecule has 0 saturated carbocycles. The van der Waals surface area contributed by atoms with Crippen LogP contribution in [0.3, 0.4) is 0 Å². The number of aromatic nitrogens is 3. The molecule has 132 valence electrons. The number of rotatable bonds is 4. The van der Waals surface area contributed by atoms with Crippen LogP contribution in [0.2, 0.25) is 5.02 Å². The van der Waals surface area contributed by atoms with Crippen molar-refractivity contribution in [3.8, 4) is 11.5 Å². The van der Waals surface area contributed by atoms with Gasteiger partial charge in [0.25, 0.3) is 0 Å². The minimum Gasteiger partial charge on any atom is -0.486 e. The summed E-state index contributed by atoms with van der Waals surface area (Å²) in [5.41, 5.74) is 1.32. The summed E-state index contributed by atoms with van der Waals surface area (Å²) in [6.07, 6.45) is 1.45. The highest BCUT2D eigenvalue weighted by Crippen LogP contribution is 2.33. The van der Waals surface area contributed by atoms with E-state index in [0.29, 0.717) is 42.2 Å². The molecule has 1 aliphatic heterocycles. The van der Waals surface area contributed by atoms with Crippen molar-refractivity contribution in [2.24, 2.45) is 0 Å². The summed E-state index contributed by atoms with van der Waals surface area (Å²) in [6.45, 7) is 1.04. The summed E-state index contributed by atoms with van der Waals surface area (Å²) >= 11 is 5.78. The van der Waals surface area contributed by atoms with E-state index >= 15 is 0 Å². The molecule has 9 heteroatoms. The second-order valence-electron chi connectivity index (χ2n) is 5.40. The molecule has 3 aromatic rings. The molecule has 4 rings (SSSR count). The number of hydrogen-bond donors (Lipinski definition) is 2. The Morgan fingerprint density at radius 2 is 1.73 bits per heavy atom. The SMILES string of the molecule is Fc1ccc(Nc2cnnc(Nc3ccc4c(c3)OCCO4)n2)cc1Cl. The maximum atomic E-state index is 13.2. The molecule has 0 radical (unpaired) electrons. The fraction of sp³-hybridized carbons (Fsp3) is 0.118. The third-order valence-corrected chi connectivity index (χ3v) is 3.84. The van der Waals surface area contributed by atoms with Gasteiger partial charge in [-0.3, -0.25) is 0 Å². The first-order valence-corrected chi connectivity index (χ1v) is 8.14. The normalized spacial score (nSPS) is 12.5. The highest BCUT2D eigenvalue weighted by Gasteiger charge is 2.12. The Hall–Kier alpha value is -3.13. The van der Waals surface area contributed by atoms with Gasteiger partial charge in [0.15, 0.2) is 17.3 Å². The predicted molar refractivity (Wildman–Crippen MR) is 95.2 cm³/mol. The number of halogens is 2. The summed E-state index contributed by atoms with van der Waals surface area (Å²) in [6, 6.07) is 9.74. The van der Waals surface area contributed by atoms with Crippen molar-refractivity contribution in [1.82, 2.24) is 15.2 Å². The molecule has 1 aliphatic rings. The Balaban J connectivity index is 1.51. The first-order chi connectivity index (χ1) is 12.7. The van der Waals surface area contributed by atoms with Gasteiger partial charge in [-0.25, -0.2) is 4.39 Å². The van der Waals surface area contributed by atoms with E-state index in [1.807, 2.05) is 12.1 Å². The van der Waals surface area contributed by atoms with Gasteiger partial charge in [0.2, 0.25) is 5.95 Å². The molecular formula is C17H13ClFN5O2. The minimum atomic E-state index is -0.487. The van der Waals surface area contributed by atoms with E-state index in [-0.39, 0.29) is 5.02 Å². The van der Waals surface area contributed by atoms with Crippen LogP contribution in [0, 0.1) is 5.82 Å². The first kappa shape index (κ1) is 16.3. The lowest BCUT2D eigenvalue weighted by Gasteiger charge is -2.19. The lowest BCUT2D eigenvalue weighted by atomic mass is 10.2. The summed E-state index contributed by atoms with van der Waals surface area (Å²) in [7, 11) is 0. The number of nitrogens with one attached hydrogen (secondary N) is 2. The zero-order valence-corrected chi connectivity index (χ0v) is 14.1. The fourth-order valence-corrected chi connectivity index (χ4v) is 2.57. The predicted octanol–water partition coefficient (Wildman–Crippen LogP) is 3.92. The zero-order valence-electron chi connectivity index (χ0n) is 13.4. The standard InChI is InChI=1S/C17H13ClFN5O2/c18-12-7-10(1-3-13(12)19)21-16-9-20-24-17(23-16)22-11-2-4-14-15(8-11)26-6-5-25-14/h1-4,7-9H,5-6H2,(H2,21,22,23,24). The molecule has 2 aromatic carbocycles. The van der Waals surface area contributed by atoms with Crippen molar-refractivity contribution in [2.45, 2.75) is 0 Å². The molecule has 1 aromatic heterocycles. The Labute approximate surface area is 153 Å². The summed E-state index contributed by atoms with van der Waals surface area (Å²) in [4.78, 5) is 4.32. The van der Waals surface area contributed by atoms with Gasteiger partial charge in [-0.05, 0) is 30.3 Å². The molecule has 0 unspecified atom stereocenters. The van der Waals surface area contributed by atoms with Crippen LogP contribution in [0.1, 0.15) is 0 Å². The fourth-order valence-electron chi connectivity index (χ4n) is 2.39. The lowest BCUT2D eigenvalue weighted by Crippen LogP contribution is -2.15. The highest BCUT2D eigenvalue weighted by atomic mass is 35.5. The van der Waals surface area contributed by atoms with Gasteiger partial charge in [-0.15, -0.1) is 5.10 Å². The van der Waals surface area contributed by atoms with Crippen molar-refractivity contribution in [3.05, 3.63) is 53.4 Å². The van der Waals surface area contributed by atoms with Gasteiger partial charge in [-0.2, -0.15) is 10.1 Å². The number of benzene rings is 2. The molecule has 2 heterocycles. The zero-order chi connectivity index (χ0) is 17.9. The van der Waals surface area contributed by atoms with Crippen molar-refractivity contribution in [3.63, 3.8) is 0 Å². The minimum absolute atomic E-state index is 0.0200. The molecule has 0 saturated heterocycles. The van der Waals surface area contributed by atoms with Crippen molar-refractivity contribution < 1.29 is 13.9 Å². The van der Waals surface area contributed by atoms with Gasteiger partial charge < -0.3 is 20.1 Å². The number of hydrogen-bond acceptors (Lipinski definition) is 7. The van der Waals surface area contributed by atoms with Crippen LogP contribution >= 0.6 is 11.6 Å². The van der Waals surface area contributed by atoms with Gasteiger partial charge in [0.05, 0.1) is 11.2 Å². The van der Waals surface area contributed by atoms with Gasteiger partial charge in [-0.1, -0.05) is 11.6 Å². The average Bonchev–Trinajstić information content (AvgIpc) is 2.65. The van der Waals surface area contributed by atoms with E-state index in [1.165, 1.54) is 18.3 Å². The largest absolute Gasteiger partial charge is 0.486 e. The van der Waals surface area contributed by atoms with E-state index in [1.54, 1.807) is 12.1 Å². The second kappa shape index (κ2) is 7.01. The topological polar surface area (TPSA) is 81.2 Å². The van der Waals surface area contributed by atoms with Crippen LogP contribution in [0.25, 0.3) is 0 Å². The molecule has 0 amide bonds. The van der Waals surface area contributed by atoms with E-state index in [9.17, 15) is 4.39 Å². The van der Waals surface area contributed by atoms with E-state index in [2.05, 4.69) is 25.8 Å². The molecular weight excluding hydrogens is 361 g/mol. The number of fused-ring (bicyclic) bond motifs is 1. The molecule has 0 aliphatic carbocycles. The smallest absolute Gasteiger partial charge is 0.249 e. The van der Waals surface area contributed by atoms with Crippen LogP contribution in [0.5, 0.6) is 11.5 Å². The van der Waals surface area contributed by atoms with Gasteiger partial charge >= 0.3 is 0 Å². The molecule has 26 heavy (non-hydrogen) atoms. The Morgan fingerprint density at radius 3 is 2.58 bits per heavy atom. The molecule has 0 spiro atoms. The lowest BCUT2D eigenvalue weighted by molar-refractivity contribution is 0.171. The van der Waals surface area contributed by atoms with Crippen LogP contribution in [-0.4, -0.2) is 28.4 Å². The second-order valence-corrected chi connectivity index (χ2v) is 5.81. The monoisotopic (exact) mass is 373 g/mol. The van der Waals surface area contributed by atoms with E-state index < -0.39 is 5.82 Å². The number of ether oxygens (including phenoxy) is 2. The Kier molecular flexibility index (Phi) is 4.40. The van der Waals surface area contributed by atoms with Crippen molar-refractivity contribution >= 4 is 34.7 Å². The van der Waals surface area contributed by atoms with Crippen molar-refractivity contribution in [2.75, 3.05) is 23.8 Å². The van der Waals surface area contributed by atoms with Crippen molar-refractivity contribution in [1.29, 1.82) is 0 Å². The van der Waals surface area contributed by atoms with Crippen LogP contribution in [0.15, 0.2) is 42.6 Å². The third kappa shape index (κ3) is 3.60. The quantitative estimate of drug-likeness (QED) is 0.717.